The molecule has 1 aromatic rings. The third kappa shape index (κ3) is 4.17. The molecule has 0 spiro atoms. The molecule has 21 heavy (non-hydrogen) atoms. The highest BCUT2D eigenvalue weighted by atomic mass is 19.1. The van der Waals surface area contributed by atoms with Crippen molar-refractivity contribution in [2.75, 3.05) is 19.6 Å². The fourth-order valence-corrected chi connectivity index (χ4v) is 2.20. The van der Waals surface area contributed by atoms with Gasteiger partial charge in [0.2, 0.25) is 5.91 Å². The van der Waals surface area contributed by atoms with Gasteiger partial charge < -0.3 is 10.1 Å². The van der Waals surface area contributed by atoms with E-state index in [1.807, 2.05) is 11.8 Å². The summed E-state index contributed by atoms with van der Waals surface area (Å²) in [5.41, 5.74) is 0. The third-order valence-electron chi connectivity index (χ3n) is 3.62. The van der Waals surface area contributed by atoms with E-state index in [4.69, 9.17) is 4.74 Å². The number of nitrogens with one attached hydrogen (secondary N) is 1. The number of halogens is 1. The number of likely N-dealkylation sites (tertiary alicyclic amines) is 1. The van der Waals surface area contributed by atoms with Crippen molar-refractivity contribution in [3.8, 4) is 5.75 Å². The Morgan fingerprint density at radius 2 is 2.05 bits per heavy atom. The fourth-order valence-electron chi connectivity index (χ4n) is 2.20. The minimum atomic E-state index is -0.348. The molecule has 1 amide bonds. The topological polar surface area (TPSA) is 41.6 Å². The molecule has 1 fully saturated rings. The number of carbonyl (C=O) groups is 1. The molecule has 0 saturated carbocycles. The van der Waals surface area contributed by atoms with Crippen LogP contribution in [0.1, 0.15) is 20.8 Å². The molecule has 1 N–H and O–H groups in total. The first-order chi connectivity index (χ1) is 9.97. The highest BCUT2D eigenvalue weighted by molar-refractivity contribution is 5.81. The van der Waals surface area contributed by atoms with Crippen molar-refractivity contribution in [2.45, 2.75) is 32.9 Å². The number of hydrogen-bond donors (Lipinski definition) is 1. The van der Waals surface area contributed by atoms with Gasteiger partial charge in [0.05, 0.1) is 6.04 Å². The summed E-state index contributed by atoms with van der Waals surface area (Å²) < 4.78 is 19.1. The van der Waals surface area contributed by atoms with Crippen molar-refractivity contribution in [1.82, 2.24) is 10.2 Å². The number of amides is 1. The Morgan fingerprint density at radius 1 is 1.38 bits per heavy atom. The lowest BCUT2D eigenvalue weighted by molar-refractivity contribution is -0.129. The van der Waals surface area contributed by atoms with Crippen LogP contribution in [0, 0.1) is 11.7 Å². The third-order valence-corrected chi connectivity index (χ3v) is 3.62. The maximum atomic E-state index is 13.5. The van der Waals surface area contributed by atoms with Gasteiger partial charge in [-0.1, -0.05) is 26.0 Å². The van der Waals surface area contributed by atoms with Gasteiger partial charge in [-0.2, -0.15) is 0 Å². The predicted molar refractivity (Wildman–Crippen MR) is 79.7 cm³/mol. The second kappa shape index (κ2) is 6.89. The normalized spacial score (nSPS) is 17.4. The van der Waals surface area contributed by atoms with Gasteiger partial charge in [0.25, 0.3) is 0 Å². The van der Waals surface area contributed by atoms with Gasteiger partial charge in [-0.05, 0) is 25.0 Å². The molecule has 4 nitrogen and oxygen atoms in total. The largest absolute Gasteiger partial charge is 0.485 e. The summed E-state index contributed by atoms with van der Waals surface area (Å²) in [5, 5.41) is 2.92. The van der Waals surface area contributed by atoms with Crippen LogP contribution in [0.15, 0.2) is 24.3 Å². The average molecular weight is 294 g/mol. The van der Waals surface area contributed by atoms with E-state index in [0.29, 0.717) is 25.6 Å². The molecule has 5 heteroatoms. The first kappa shape index (κ1) is 15.8. The van der Waals surface area contributed by atoms with Crippen molar-refractivity contribution in [3.63, 3.8) is 0 Å². The van der Waals surface area contributed by atoms with Crippen LogP contribution in [-0.2, 0) is 4.79 Å². The Morgan fingerprint density at radius 3 is 2.67 bits per heavy atom. The molecule has 1 atom stereocenters. The van der Waals surface area contributed by atoms with Gasteiger partial charge in [-0.3, -0.25) is 9.69 Å². The summed E-state index contributed by atoms with van der Waals surface area (Å²) in [6.45, 7) is 7.98. The first-order valence-corrected chi connectivity index (χ1v) is 7.40. The molecule has 1 aromatic carbocycles. The molecule has 0 aromatic heterocycles. The van der Waals surface area contributed by atoms with E-state index >= 15 is 0 Å². The summed E-state index contributed by atoms with van der Waals surface area (Å²) in [6.07, 6.45) is -0.0535. The van der Waals surface area contributed by atoms with E-state index < -0.39 is 0 Å². The molecule has 1 unspecified atom stereocenters. The summed E-state index contributed by atoms with van der Waals surface area (Å²) >= 11 is 0. The van der Waals surface area contributed by atoms with E-state index in [2.05, 4.69) is 19.2 Å². The molecule has 1 saturated heterocycles. The van der Waals surface area contributed by atoms with Gasteiger partial charge in [0, 0.05) is 19.6 Å². The molecule has 1 aliphatic rings. The Hall–Kier alpha value is -1.62. The van der Waals surface area contributed by atoms with Crippen molar-refractivity contribution in [3.05, 3.63) is 30.1 Å². The van der Waals surface area contributed by atoms with Gasteiger partial charge in [0.1, 0.15) is 6.10 Å². The number of rotatable bonds is 6. The van der Waals surface area contributed by atoms with E-state index in [1.54, 1.807) is 18.2 Å². The Balaban J connectivity index is 1.76. The Kier molecular flexibility index (Phi) is 5.17. The van der Waals surface area contributed by atoms with Gasteiger partial charge >= 0.3 is 0 Å². The lowest BCUT2D eigenvalue weighted by Gasteiger charge is -2.42. The van der Waals surface area contributed by atoms with E-state index in [9.17, 15) is 9.18 Å². The molecule has 2 rings (SSSR count). The fraction of sp³-hybridized carbons (Fsp3) is 0.562. The SMILES string of the molecule is CC(C)CNC(=O)C(C)N1CC(Oc2ccccc2F)C1. The smallest absolute Gasteiger partial charge is 0.237 e. The van der Waals surface area contributed by atoms with Crippen molar-refractivity contribution >= 4 is 5.91 Å². The zero-order valence-electron chi connectivity index (χ0n) is 12.8. The van der Waals surface area contributed by atoms with Crippen LogP contribution < -0.4 is 10.1 Å². The maximum absolute atomic E-state index is 13.5. The molecular weight excluding hydrogens is 271 g/mol. The van der Waals surface area contributed by atoms with Gasteiger partial charge in [0.15, 0.2) is 11.6 Å². The van der Waals surface area contributed by atoms with Crippen LogP contribution in [0.5, 0.6) is 5.75 Å². The van der Waals surface area contributed by atoms with Crippen LogP contribution in [-0.4, -0.2) is 42.6 Å². The molecular formula is C16H23FN2O2. The first-order valence-electron chi connectivity index (χ1n) is 7.40. The number of carbonyl (C=O) groups excluding carboxylic acids is 1. The summed E-state index contributed by atoms with van der Waals surface area (Å²) in [7, 11) is 0. The van der Waals surface area contributed by atoms with Crippen LogP contribution >= 0.6 is 0 Å². The maximum Gasteiger partial charge on any atom is 0.237 e. The van der Waals surface area contributed by atoms with Crippen molar-refractivity contribution in [2.24, 2.45) is 5.92 Å². The Bertz CT molecular complexity index is 487. The van der Waals surface area contributed by atoms with Crippen LogP contribution in [0.2, 0.25) is 0 Å². The van der Waals surface area contributed by atoms with E-state index in [-0.39, 0.29) is 29.6 Å². The summed E-state index contributed by atoms with van der Waals surface area (Å²) in [6, 6.07) is 6.21. The molecule has 0 bridgehead atoms. The van der Waals surface area contributed by atoms with Crippen molar-refractivity contribution < 1.29 is 13.9 Å². The van der Waals surface area contributed by atoms with Crippen molar-refractivity contribution in [1.29, 1.82) is 0 Å². The van der Waals surface area contributed by atoms with Crippen LogP contribution in [0.25, 0.3) is 0 Å². The number of benzene rings is 1. The Labute approximate surface area is 125 Å². The molecule has 0 radical (unpaired) electrons. The molecule has 1 heterocycles. The highest BCUT2D eigenvalue weighted by Gasteiger charge is 2.35. The lowest BCUT2D eigenvalue weighted by atomic mass is 10.1. The number of nitrogens with zero attached hydrogens (tertiary/aromatic N) is 1. The summed E-state index contributed by atoms with van der Waals surface area (Å²) in [4.78, 5) is 14.0. The van der Waals surface area contributed by atoms with E-state index in [1.165, 1.54) is 6.07 Å². The van der Waals surface area contributed by atoms with Gasteiger partial charge in [-0.25, -0.2) is 4.39 Å². The second-order valence-corrected chi connectivity index (χ2v) is 5.94. The minimum absolute atomic E-state index is 0.0352. The predicted octanol–water partition coefficient (Wildman–Crippen LogP) is 2.05. The zero-order valence-corrected chi connectivity index (χ0v) is 12.8. The highest BCUT2D eigenvalue weighted by Crippen LogP contribution is 2.22. The standard InChI is InChI=1S/C16H23FN2O2/c1-11(2)8-18-16(20)12(3)19-9-13(10-19)21-15-7-5-4-6-14(15)17/h4-7,11-13H,8-10H2,1-3H3,(H,18,20). The molecule has 0 aliphatic carbocycles. The lowest BCUT2D eigenvalue weighted by Crippen LogP contribution is -2.60. The van der Waals surface area contributed by atoms with E-state index in [0.717, 1.165) is 0 Å². The van der Waals surface area contributed by atoms with Crippen LogP contribution in [0.4, 0.5) is 4.39 Å². The second-order valence-electron chi connectivity index (χ2n) is 5.94. The zero-order chi connectivity index (χ0) is 15.4. The molecule has 116 valence electrons. The monoisotopic (exact) mass is 294 g/mol. The minimum Gasteiger partial charge on any atom is -0.485 e. The molecule has 1 aliphatic heterocycles. The quantitative estimate of drug-likeness (QED) is 0.873. The number of ether oxygens (including phenoxy) is 1. The average Bonchev–Trinajstić information content (AvgIpc) is 2.40. The van der Waals surface area contributed by atoms with Gasteiger partial charge in [-0.15, -0.1) is 0 Å². The summed E-state index contributed by atoms with van der Waals surface area (Å²) in [5.74, 6) is 0.403. The number of para-hydroxylation sites is 1. The number of hydrogen-bond acceptors (Lipinski definition) is 3. The van der Waals surface area contributed by atoms with Crippen LogP contribution in [0.3, 0.4) is 0 Å².